The molecule has 0 radical (unpaired) electrons. The summed E-state index contributed by atoms with van der Waals surface area (Å²) < 4.78 is 0. The average molecular weight is 229 g/mol. The number of nitrogens with two attached hydrogens (primary N) is 1. The number of nitrogens with one attached hydrogen (secondary N) is 2. The molecule has 3 unspecified atom stereocenters. The smallest absolute Gasteiger partial charge is 0.198 e. The first-order chi connectivity index (χ1) is 7.58. The molecule has 1 heterocycles. The molecule has 0 bridgehead atoms. The molecule has 0 aliphatic carbocycles. The van der Waals surface area contributed by atoms with E-state index >= 15 is 0 Å². The lowest BCUT2D eigenvalue weighted by molar-refractivity contribution is -0.706. The fraction of sp³-hybridized carbons (Fsp3) is 1.00. The lowest BCUT2D eigenvalue weighted by Gasteiger charge is -2.26. The van der Waals surface area contributed by atoms with Crippen LogP contribution in [-0.2, 0) is 0 Å². The first-order valence-corrected chi connectivity index (χ1v) is 6.66. The van der Waals surface area contributed by atoms with Gasteiger partial charge in [-0.25, -0.2) is 5.32 Å². The summed E-state index contributed by atoms with van der Waals surface area (Å²) in [7, 11) is 0. The maximum absolute atomic E-state index is 3.66. The quantitative estimate of drug-likeness (QED) is 0.588. The summed E-state index contributed by atoms with van der Waals surface area (Å²) in [4.78, 5) is 2.48. The molecule has 0 aromatic carbocycles. The second-order valence-electron chi connectivity index (χ2n) is 5.16. The lowest BCUT2D eigenvalue weighted by Crippen LogP contribution is -2.95. The van der Waals surface area contributed by atoms with Crippen LogP contribution in [0.1, 0.15) is 34.6 Å². The summed E-state index contributed by atoms with van der Waals surface area (Å²) in [6.45, 7) is 14.5. The topological polar surface area (TPSA) is 43.9 Å². The van der Waals surface area contributed by atoms with Gasteiger partial charge in [-0.1, -0.05) is 27.7 Å². The van der Waals surface area contributed by atoms with E-state index in [1.54, 1.807) is 0 Å². The molecule has 4 nitrogen and oxygen atoms in total. The first kappa shape index (κ1) is 13.9. The van der Waals surface area contributed by atoms with E-state index < -0.39 is 0 Å². The third kappa shape index (κ3) is 3.70. The van der Waals surface area contributed by atoms with Crippen LogP contribution in [0.15, 0.2) is 0 Å². The number of hydrogen-bond donors (Lipinski definition) is 3. The van der Waals surface area contributed by atoms with Crippen molar-refractivity contribution in [2.45, 2.75) is 53.1 Å². The lowest BCUT2D eigenvalue weighted by atomic mass is 10.2. The van der Waals surface area contributed by atoms with Crippen molar-refractivity contribution < 1.29 is 5.32 Å². The SMILES string of the molecule is CCN(CC)C1NC(NCC(C)C)[NH2+]C1C. The van der Waals surface area contributed by atoms with Gasteiger partial charge in [-0.3, -0.25) is 10.2 Å². The zero-order valence-electron chi connectivity index (χ0n) is 11.5. The summed E-state index contributed by atoms with van der Waals surface area (Å²) in [6, 6.07) is 0.615. The highest BCUT2D eigenvalue weighted by atomic mass is 15.4. The maximum Gasteiger partial charge on any atom is 0.198 e. The molecule has 4 N–H and O–H groups in total. The standard InChI is InChI=1S/C12H28N4/c1-6-16(7-2)11-10(5)14-12(15-11)13-8-9(3)4/h9-15H,6-8H2,1-5H3/p+1. The molecule has 1 aliphatic rings. The van der Waals surface area contributed by atoms with Gasteiger partial charge in [0.25, 0.3) is 0 Å². The second kappa shape index (κ2) is 6.55. The van der Waals surface area contributed by atoms with Crippen molar-refractivity contribution >= 4 is 0 Å². The van der Waals surface area contributed by atoms with Crippen molar-refractivity contribution in [2.24, 2.45) is 5.92 Å². The molecule has 0 saturated carbocycles. The van der Waals surface area contributed by atoms with Gasteiger partial charge in [-0.2, -0.15) is 0 Å². The molecule has 4 heteroatoms. The fourth-order valence-corrected chi connectivity index (χ4v) is 2.34. The van der Waals surface area contributed by atoms with Crippen molar-refractivity contribution in [1.82, 2.24) is 15.5 Å². The monoisotopic (exact) mass is 229 g/mol. The van der Waals surface area contributed by atoms with E-state index in [4.69, 9.17) is 0 Å². The Morgan fingerprint density at radius 1 is 1.31 bits per heavy atom. The van der Waals surface area contributed by atoms with E-state index in [0.717, 1.165) is 19.6 Å². The third-order valence-electron chi connectivity index (χ3n) is 3.30. The molecule has 3 atom stereocenters. The number of quaternary nitrogens is 1. The number of likely N-dealkylation sites (N-methyl/N-ethyl adjacent to an activating group) is 1. The summed E-state index contributed by atoms with van der Waals surface area (Å²) in [5.41, 5.74) is 0. The molecular formula is C12H29N4+. The van der Waals surface area contributed by atoms with E-state index in [1.807, 2.05) is 0 Å². The Morgan fingerprint density at radius 2 is 1.94 bits per heavy atom. The van der Waals surface area contributed by atoms with Gasteiger partial charge in [-0.15, -0.1) is 0 Å². The Balaban J connectivity index is 2.40. The minimum Gasteiger partial charge on any atom is -0.314 e. The Bertz CT molecular complexity index is 191. The molecule has 0 aromatic rings. The van der Waals surface area contributed by atoms with Crippen LogP contribution >= 0.6 is 0 Å². The van der Waals surface area contributed by atoms with Crippen LogP contribution in [0.25, 0.3) is 0 Å². The summed E-state index contributed by atoms with van der Waals surface area (Å²) in [5, 5.41) is 9.60. The van der Waals surface area contributed by atoms with Crippen LogP contribution in [0, 0.1) is 5.92 Å². The molecule has 0 aromatic heterocycles. The van der Waals surface area contributed by atoms with Crippen molar-refractivity contribution in [3.8, 4) is 0 Å². The largest absolute Gasteiger partial charge is 0.314 e. The molecule has 96 valence electrons. The third-order valence-corrected chi connectivity index (χ3v) is 3.30. The van der Waals surface area contributed by atoms with Gasteiger partial charge in [0, 0.05) is 6.54 Å². The van der Waals surface area contributed by atoms with Gasteiger partial charge in [0.2, 0.25) is 0 Å². The molecule has 16 heavy (non-hydrogen) atoms. The van der Waals surface area contributed by atoms with Gasteiger partial charge in [-0.05, 0) is 25.9 Å². The molecule has 1 aliphatic heterocycles. The van der Waals surface area contributed by atoms with Crippen LogP contribution in [-0.4, -0.2) is 43.0 Å². The van der Waals surface area contributed by atoms with E-state index in [1.165, 1.54) is 0 Å². The molecule has 1 rings (SSSR count). The molecule has 0 amide bonds. The van der Waals surface area contributed by atoms with Crippen LogP contribution in [0.5, 0.6) is 0 Å². The fourth-order valence-electron chi connectivity index (χ4n) is 2.34. The number of rotatable bonds is 6. The van der Waals surface area contributed by atoms with Gasteiger partial charge in [0.1, 0.15) is 12.2 Å². The van der Waals surface area contributed by atoms with Gasteiger partial charge < -0.3 is 5.32 Å². The maximum atomic E-state index is 3.66. The molecular weight excluding hydrogens is 200 g/mol. The van der Waals surface area contributed by atoms with Crippen LogP contribution < -0.4 is 16.0 Å². The van der Waals surface area contributed by atoms with Crippen molar-refractivity contribution in [1.29, 1.82) is 0 Å². The van der Waals surface area contributed by atoms with Gasteiger partial charge >= 0.3 is 0 Å². The van der Waals surface area contributed by atoms with Gasteiger partial charge in [0.15, 0.2) is 6.29 Å². The molecule has 1 saturated heterocycles. The highest BCUT2D eigenvalue weighted by molar-refractivity contribution is 4.78. The summed E-state index contributed by atoms with van der Waals surface area (Å²) >= 11 is 0. The van der Waals surface area contributed by atoms with Crippen LogP contribution in [0.3, 0.4) is 0 Å². The van der Waals surface area contributed by atoms with Gasteiger partial charge in [0.05, 0.1) is 0 Å². The molecule has 1 fully saturated rings. The minimum absolute atomic E-state index is 0.378. The van der Waals surface area contributed by atoms with Crippen molar-refractivity contribution in [3.63, 3.8) is 0 Å². The highest BCUT2D eigenvalue weighted by Crippen LogP contribution is 2.03. The molecule has 0 spiro atoms. The van der Waals surface area contributed by atoms with Crippen molar-refractivity contribution in [2.75, 3.05) is 19.6 Å². The predicted octanol–water partition coefficient (Wildman–Crippen LogP) is -0.261. The minimum atomic E-state index is 0.378. The predicted molar refractivity (Wildman–Crippen MR) is 67.9 cm³/mol. The number of hydrogen-bond acceptors (Lipinski definition) is 3. The van der Waals surface area contributed by atoms with Crippen LogP contribution in [0.4, 0.5) is 0 Å². The van der Waals surface area contributed by atoms with Crippen molar-refractivity contribution in [3.05, 3.63) is 0 Å². The Hall–Kier alpha value is -0.160. The van der Waals surface area contributed by atoms with E-state index in [-0.39, 0.29) is 0 Å². The zero-order valence-corrected chi connectivity index (χ0v) is 11.5. The highest BCUT2D eigenvalue weighted by Gasteiger charge is 2.36. The Morgan fingerprint density at radius 3 is 2.44 bits per heavy atom. The first-order valence-electron chi connectivity index (χ1n) is 6.66. The summed E-state index contributed by atoms with van der Waals surface area (Å²) in [5.74, 6) is 0.706. The normalized spacial score (nSPS) is 30.6. The van der Waals surface area contributed by atoms with E-state index in [0.29, 0.717) is 24.4 Å². The Kier molecular flexibility index (Phi) is 5.69. The van der Waals surface area contributed by atoms with Crippen LogP contribution in [0.2, 0.25) is 0 Å². The second-order valence-corrected chi connectivity index (χ2v) is 5.16. The van der Waals surface area contributed by atoms with E-state index in [9.17, 15) is 0 Å². The van der Waals surface area contributed by atoms with E-state index in [2.05, 4.69) is 55.5 Å². The number of nitrogens with zero attached hydrogens (tertiary/aromatic N) is 1. The zero-order chi connectivity index (χ0) is 12.1. The summed E-state index contributed by atoms with van der Waals surface area (Å²) in [6.07, 6.45) is 0.877. The average Bonchev–Trinajstić information content (AvgIpc) is 2.59. The Labute approximate surface area is 100 Å².